The molecule has 0 saturated carbocycles. The predicted molar refractivity (Wildman–Crippen MR) is 75.8 cm³/mol. The van der Waals surface area contributed by atoms with E-state index in [2.05, 4.69) is 4.98 Å². The van der Waals surface area contributed by atoms with Crippen LogP contribution in [0.5, 0.6) is 0 Å². The van der Waals surface area contributed by atoms with Crippen molar-refractivity contribution in [2.24, 2.45) is 0 Å². The van der Waals surface area contributed by atoms with Crippen molar-refractivity contribution in [3.05, 3.63) is 46.0 Å². The Kier molecular flexibility index (Phi) is 4.49. The van der Waals surface area contributed by atoms with Crippen LogP contribution >= 0.6 is 0 Å². The first-order valence-corrected chi connectivity index (χ1v) is 8.24. The maximum Gasteiger partial charge on any atom is 0.415 e. The lowest BCUT2D eigenvalue weighted by Crippen LogP contribution is -2.35. The van der Waals surface area contributed by atoms with Gasteiger partial charge in [-0.1, -0.05) is 6.07 Å². The number of hydrogen-bond donors (Lipinski definition) is 1. The average Bonchev–Trinajstić information content (AvgIpc) is 2.37. The lowest BCUT2D eigenvalue weighted by atomic mass is 10.3. The minimum absolute atomic E-state index is 0.173. The summed E-state index contributed by atoms with van der Waals surface area (Å²) in [6.45, 7) is 1.75. The van der Waals surface area contributed by atoms with Crippen molar-refractivity contribution in [1.82, 2.24) is 9.38 Å². The van der Waals surface area contributed by atoms with Crippen LogP contribution in [0.15, 0.2) is 29.2 Å². The predicted octanol–water partition coefficient (Wildman–Crippen LogP) is 0.841. The van der Waals surface area contributed by atoms with E-state index in [1.54, 1.807) is 13.0 Å². The third kappa shape index (κ3) is 4.29. The van der Waals surface area contributed by atoms with E-state index in [0.717, 1.165) is 11.6 Å². The number of aryl methyl sites for hydroxylation is 1. The van der Waals surface area contributed by atoms with Gasteiger partial charge in [0.05, 0.1) is 17.2 Å². The molecule has 0 saturated heterocycles. The molecule has 0 fully saturated rings. The van der Waals surface area contributed by atoms with E-state index in [1.807, 2.05) is 0 Å². The molecule has 2 heterocycles. The molecular weight excluding hydrogens is 337 g/mol. The van der Waals surface area contributed by atoms with E-state index in [-0.39, 0.29) is 11.3 Å². The number of nitrogens with zero attached hydrogens (tertiary/aromatic N) is 2. The highest BCUT2D eigenvalue weighted by molar-refractivity contribution is 7.90. The Labute approximate surface area is 129 Å². The summed E-state index contributed by atoms with van der Waals surface area (Å²) < 4.78 is 61.4. The highest BCUT2D eigenvalue weighted by Crippen LogP contribution is 2.22. The second kappa shape index (κ2) is 5.93. The van der Waals surface area contributed by atoms with Crippen LogP contribution in [0.3, 0.4) is 0 Å². The minimum Gasteiger partial charge on any atom is -0.383 e. The molecule has 0 aliphatic heterocycles. The van der Waals surface area contributed by atoms with Crippen LogP contribution in [-0.4, -0.2) is 40.9 Å². The van der Waals surface area contributed by atoms with Crippen molar-refractivity contribution >= 4 is 15.5 Å². The summed E-state index contributed by atoms with van der Waals surface area (Å²) in [5.41, 5.74) is 0.258. The third-order valence-corrected chi connectivity index (χ3v) is 4.58. The van der Waals surface area contributed by atoms with Gasteiger partial charge < -0.3 is 5.11 Å². The van der Waals surface area contributed by atoms with Crippen LogP contribution < -0.4 is 5.56 Å². The zero-order valence-corrected chi connectivity index (χ0v) is 12.7. The fourth-order valence-corrected chi connectivity index (χ4v) is 3.34. The molecule has 0 radical (unpaired) electrons. The number of aliphatic hydroxyl groups excluding tert-OH is 1. The molecule has 126 valence electrons. The van der Waals surface area contributed by atoms with Crippen molar-refractivity contribution in [3.63, 3.8) is 0 Å². The van der Waals surface area contributed by atoms with Gasteiger partial charge in [0.1, 0.15) is 5.65 Å². The topological polar surface area (TPSA) is 88.7 Å². The number of pyridine rings is 1. The molecule has 2 rings (SSSR count). The summed E-state index contributed by atoms with van der Waals surface area (Å²) in [7, 11) is -4.29. The molecule has 1 unspecified atom stereocenters. The highest BCUT2D eigenvalue weighted by atomic mass is 32.2. The van der Waals surface area contributed by atoms with Crippen LogP contribution in [0.1, 0.15) is 11.3 Å². The van der Waals surface area contributed by atoms with Gasteiger partial charge in [0.25, 0.3) is 5.56 Å². The first-order chi connectivity index (χ1) is 10.5. The van der Waals surface area contributed by atoms with E-state index in [0.29, 0.717) is 0 Å². The number of halogens is 3. The molecule has 0 amide bonds. The summed E-state index contributed by atoms with van der Waals surface area (Å²) in [6.07, 6.45) is -6.49. The van der Waals surface area contributed by atoms with Crippen LogP contribution in [0.2, 0.25) is 0 Å². The largest absolute Gasteiger partial charge is 0.415 e. The van der Waals surface area contributed by atoms with Crippen molar-refractivity contribution in [1.29, 1.82) is 0 Å². The Morgan fingerprint density at radius 3 is 2.61 bits per heavy atom. The van der Waals surface area contributed by atoms with Gasteiger partial charge in [-0.3, -0.25) is 9.20 Å². The quantitative estimate of drug-likeness (QED) is 0.883. The van der Waals surface area contributed by atoms with E-state index in [4.69, 9.17) is 5.11 Å². The van der Waals surface area contributed by atoms with Gasteiger partial charge in [-0.25, -0.2) is 13.4 Å². The van der Waals surface area contributed by atoms with Gasteiger partial charge in [0.15, 0.2) is 15.9 Å². The van der Waals surface area contributed by atoms with Crippen molar-refractivity contribution in [2.75, 3.05) is 5.75 Å². The fourth-order valence-electron chi connectivity index (χ4n) is 1.95. The van der Waals surface area contributed by atoms with Crippen LogP contribution in [0.4, 0.5) is 13.2 Å². The Morgan fingerprint density at radius 1 is 1.35 bits per heavy atom. The summed E-state index contributed by atoms with van der Waals surface area (Å²) in [5, 5.41) is 8.87. The zero-order valence-electron chi connectivity index (χ0n) is 11.9. The number of sulfone groups is 1. The fraction of sp³-hybridized carbons (Fsp3) is 0.385. The number of rotatable bonds is 4. The van der Waals surface area contributed by atoms with Gasteiger partial charge in [-0.15, -0.1) is 0 Å². The molecule has 1 N–H and O–H groups in total. The lowest BCUT2D eigenvalue weighted by Gasteiger charge is -2.14. The van der Waals surface area contributed by atoms with Gasteiger partial charge in [-0.05, 0) is 18.6 Å². The lowest BCUT2D eigenvalue weighted by molar-refractivity contribution is -0.196. The smallest absolute Gasteiger partial charge is 0.383 e. The number of alkyl halides is 3. The standard InChI is InChI=1S/C13H13F3N2O4S/c1-8-2-3-11-17-9(4-12(20)18(11)5-8)6-23(21,22)7-10(19)13(14,15)16/h2-5,10,19H,6-7H2,1H3. The second-order valence-corrected chi connectivity index (χ2v) is 7.24. The van der Waals surface area contributed by atoms with Gasteiger partial charge >= 0.3 is 6.18 Å². The van der Waals surface area contributed by atoms with Crippen LogP contribution in [0, 0.1) is 6.92 Å². The average molecular weight is 350 g/mol. The summed E-state index contributed by atoms with van der Waals surface area (Å²) in [5.74, 6) is -2.34. The second-order valence-electron chi connectivity index (χ2n) is 5.13. The Hall–Kier alpha value is -1.94. The number of aliphatic hydroxyl groups is 1. The minimum atomic E-state index is -5.03. The van der Waals surface area contributed by atoms with E-state index < -0.39 is 39.2 Å². The van der Waals surface area contributed by atoms with Gasteiger partial charge in [0.2, 0.25) is 0 Å². The first-order valence-electron chi connectivity index (χ1n) is 6.42. The Balaban J connectivity index is 2.31. The van der Waals surface area contributed by atoms with Crippen LogP contribution in [-0.2, 0) is 15.6 Å². The van der Waals surface area contributed by atoms with E-state index in [1.165, 1.54) is 16.7 Å². The molecule has 23 heavy (non-hydrogen) atoms. The molecule has 6 nitrogen and oxygen atoms in total. The molecule has 10 heteroatoms. The number of aromatic nitrogens is 2. The van der Waals surface area contributed by atoms with E-state index >= 15 is 0 Å². The number of hydrogen-bond acceptors (Lipinski definition) is 5. The van der Waals surface area contributed by atoms with Crippen molar-refractivity contribution in [3.8, 4) is 0 Å². The van der Waals surface area contributed by atoms with Crippen molar-refractivity contribution in [2.45, 2.75) is 25.0 Å². The van der Waals surface area contributed by atoms with Gasteiger partial charge in [-0.2, -0.15) is 13.2 Å². The maximum atomic E-state index is 12.2. The normalized spacial score (nSPS) is 14.1. The van der Waals surface area contributed by atoms with Crippen LogP contribution in [0.25, 0.3) is 5.65 Å². The molecule has 0 aromatic carbocycles. The molecule has 2 aromatic heterocycles. The van der Waals surface area contributed by atoms with E-state index in [9.17, 15) is 26.4 Å². The molecule has 0 aliphatic carbocycles. The molecule has 2 aromatic rings. The molecule has 1 atom stereocenters. The van der Waals surface area contributed by atoms with Gasteiger partial charge in [0, 0.05) is 12.3 Å². The Bertz CT molecular complexity index is 890. The molecule has 0 bridgehead atoms. The van der Waals surface area contributed by atoms with Crippen molar-refractivity contribution < 1.29 is 26.7 Å². The zero-order chi connectivity index (χ0) is 17.4. The maximum absolute atomic E-state index is 12.2. The summed E-state index contributed by atoms with van der Waals surface area (Å²) in [4.78, 5) is 15.9. The first kappa shape index (κ1) is 17.4. The monoisotopic (exact) mass is 350 g/mol. The number of fused-ring (bicyclic) bond motifs is 1. The third-order valence-electron chi connectivity index (χ3n) is 3.02. The SMILES string of the molecule is Cc1ccc2nc(CS(=O)(=O)CC(O)C(F)(F)F)cc(=O)n2c1. The summed E-state index contributed by atoms with van der Waals surface area (Å²) in [6, 6.07) is 4.11. The highest BCUT2D eigenvalue weighted by Gasteiger charge is 2.41. The molecular formula is C13H13F3N2O4S. The summed E-state index contributed by atoms with van der Waals surface area (Å²) >= 11 is 0. The Morgan fingerprint density at radius 2 is 2.00 bits per heavy atom. The molecule has 0 spiro atoms. The molecule has 0 aliphatic rings.